The van der Waals surface area contributed by atoms with Gasteiger partial charge in [0.25, 0.3) is 0 Å². The van der Waals surface area contributed by atoms with Crippen LogP contribution in [0.4, 0.5) is 0 Å². The van der Waals surface area contributed by atoms with Crippen molar-refractivity contribution in [1.29, 1.82) is 0 Å². The number of carbonyl (C=O) groups is 1. The number of benzene rings is 1. The zero-order valence-corrected chi connectivity index (χ0v) is 12.1. The van der Waals surface area contributed by atoms with Crippen LogP contribution in [0.1, 0.15) is 42.3 Å². The number of rotatable bonds is 5. The summed E-state index contributed by atoms with van der Waals surface area (Å²) in [5.41, 5.74) is 1.78. The summed E-state index contributed by atoms with van der Waals surface area (Å²) in [6.07, 6.45) is 0. The van der Waals surface area contributed by atoms with E-state index in [1.165, 1.54) is 0 Å². The van der Waals surface area contributed by atoms with E-state index in [1.807, 2.05) is 32.9 Å². The molecule has 0 amide bonds. The molecule has 0 aliphatic heterocycles. The minimum atomic E-state index is -0.831. The lowest BCUT2D eigenvalue weighted by Gasteiger charge is -2.25. The highest BCUT2D eigenvalue weighted by atomic mass is 16.5. The molecule has 1 aromatic rings. The van der Waals surface area contributed by atoms with Crippen LogP contribution in [0.3, 0.4) is 0 Å². The lowest BCUT2D eigenvalue weighted by Crippen LogP contribution is -2.35. The molecule has 1 aromatic carbocycles. The minimum absolute atomic E-state index is 0.0429. The normalized spacial score (nSPS) is 11.4. The van der Waals surface area contributed by atoms with Gasteiger partial charge in [0.2, 0.25) is 0 Å². The molecule has 18 heavy (non-hydrogen) atoms. The second-order valence-corrected chi connectivity index (χ2v) is 4.93. The number of hydrogen-bond acceptors (Lipinski definition) is 3. The Morgan fingerprint density at radius 1 is 1.28 bits per heavy atom. The maximum absolute atomic E-state index is 12.6. The number of ether oxygens (including phenoxy) is 2. The third kappa shape index (κ3) is 2.91. The highest BCUT2D eigenvalue weighted by Gasteiger charge is 2.32. The second-order valence-electron chi connectivity index (χ2n) is 4.93. The van der Waals surface area contributed by atoms with Crippen LogP contribution in [-0.4, -0.2) is 25.1 Å². The molecule has 100 valence electrons. The van der Waals surface area contributed by atoms with E-state index in [4.69, 9.17) is 9.47 Å². The maximum atomic E-state index is 12.6. The molecule has 0 aromatic heterocycles. The molecule has 3 heteroatoms. The molecule has 0 radical (unpaired) electrons. The van der Waals surface area contributed by atoms with Crippen LogP contribution in [0.5, 0.6) is 5.75 Å². The van der Waals surface area contributed by atoms with Crippen molar-refractivity contribution in [2.75, 3.05) is 13.7 Å². The van der Waals surface area contributed by atoms with Crippen LogP contribution in [0, 0.1) is 13.8 Å². The van der Waals surface area contributed by atoms with Crippen molar-refractivity contribution in [1.82, 2.24) is 0 Å². The molecule has 0 bridgehead atoms. The summed E-state index contributed by atoms with van der Waals surface area (Å²) in [5, 5.41) is 0. The van der Waals surface area contributed by atoms with Crippen LogP contribution < -0.4 is 4.74 Å². The largest absolute Gasteiger partial charge is 0.496 e. The van der Waals surface area contributed by atoms with Gasteiger partial charge >= 0.3 is 0 Å². The summed E-state index contributed by atoms with van der Waals surface area (Å²) in [5.74, 6) is 0.573. The topological polar surface area (TPSA) is 35.5 Å². The maximum Gasteiger partial charge on any atom is 0.198 e. The molecule has 0 unspecified atom stereocenters. The van der Waals surface area contributed by atoms with Gasteiger partial charge in [-0.1, -0.05) is 6.07 Å². The van der Waals surface area contributed by atoms with E-state index in [9.17, 15) is 4.79 Å². The SMILES string of the molecule is CCOC(C)(C)C(=O)c1c(C)cc(C)cc1OC. The van der Waals surface area contributed by atoms with Gasteiger partial charge in [0.1, 0.15) is 11.4 Å². The van der Waals surface area contributed by atoms with Gasteiger partial charge in [-0.2, -0.15) is 0 Å². The predicted octanol–water partition coefficient (Wildman–Crippen LogP) is 3.31. The van der Waals surface area contributed by atoms with Crippen molar-refractivity contribution in [2.45, 2.75) is 40.2 Å². The van der Waals surface area contributed by atoms with E-state index < -0.39 is 5.60 Å². The Morgan fingerprint density at radius 2 is 1.89 bits per heavy atom. The molecule has 0 saturated carbocycles. The summed E-state index contributed by atoms with van der Waals surface area (Å²) < 4.78 is 10.9. The van der Waals surface area contributed by atoms with E-state index in [0.29, 0.717) is 17.9 Å². The van der Waals surface area contributed by atoms with Crippen molar-refractivity contribution >= 4 is 5.78 Å². The van der Waals surface area contributed by atoms with Gasteiger partial charge in [-0.25, -0.2) is 0 Å². The number of methoxy groups -OCH3 is 1. The van der Waals surface area contributed by atoms with Crippen LogP contribution in [0.15, 0.2) is 12.1 Å². The average molecular weight is 250 g/mol. The highest BCUT2D eigenvalue weighted by Crippen LogP contribution is 2.29. The third-order valence-electron chi connectivity index (χ3n) is 2.94. The molecule has 0 aliphatic rings. The summed E-state index contributed by atoms with van der Waals surface area (Å²) >= 11 is 0. The zero-order chi connectivity index (χ0) is 13.9. The number of aryl methyl sites for hydroxylation is 2. The van der Waals surface area contributed by atoms with Crippen molar-refractivity contribution in [3.63, 3.8) is 0 Å². The number of carbonyl (C=O) groups excluding carboxylic acids is 1. The number of hydrogen-bond donors (Lipinski definition) is 0. The Bertz CT molecular complexity index is 447. The molecule has 0 N–H and O–H groups in total. The molecule has 0 aliphatic carbocycles. The van der Waals surface area contributed by atoms with E-state index in [0.717, 1.165) is 11.1 Å². The lowest BCUT2D eigenvalue weighted by molar-refractivity contribution is 0.00101. The van der Waals surface area contributed by atoms with E-state index in [2.05, 4.69) is 0 Å². The summed E-state index contributed by atoms with van der Waals surface area (Å²) in [6, 6.07) is 3.86. The fraction of sp³-hybridized carbons (Fsp3) is 0.533. The summed E-state index contributed by atoms with van der Waals surface area (Å²) in [4.78, 5) is 12.6. The first-order valence-electron chi connectivity index (χ1n) is 6.17. The second kappa shape index (κ2) is 5.53. The first-order valence-corrected chi connectivity index (χ1v) is 6.17. The van der Waals surface area contributed by atoms with E-state index in [-0.39, 0.29) is 5.78 Å². The molecule has 0 spiro atoms. The summed E-state index contributed by atoms with van der Waals surface area (Å²) in [7, 11) is 1.58. The predicted molar refractivity (Wildman–Crippen MR) is 72.5 cm³/mol. The van der Waals surface area contributed by atoms with Crippen molar-refractivity contribution in [3.05, 3.63) is 28.8 Å². The molecular weight excluding hydrogens is 228 g/mol. The van der Waals surface area contributed by atoms with Crippen molar-refractivity contribution in [2.24, 2.45) is 0 Å². The number of ketones is 1. The Balaban J connectivity index is 3.28. The molecule has 1 rings (SSSR count). The highest BCUT2D eigenvalue weighted by molar-refractivity contribution is 6.05. The summed E-state index contributed by atoms with van der Waals surface area (Å²) in [6.45, 7) is 9.87. The van der Waals surface area contributed by atoms with Crippen LogP contribution in [0.25, 0.3) is 0 Å². The Kier molecular flexibility index (Phi) is 4.52. The van der Waals surface area contributed by atoms with Crippen LogP contribution in [0.2, 0.25) is 0 Å². The van der Waals surface area contributed by atoms with E-state index >= 15 is 0 Å². The van der Waals surface area contributed by atoms with Gasteiger partial charge in [0.15, 0.2) is 5.78 Å². The van der Waals surface area contributed by atoms with Gasteiger partial charge in [0, 0.05) is 6.61 Å². The van der Waals surface area contributed by atoms with Crippen LogP contribution in [-0.2, 0) is 4.74 Å². The Labute approximate surface area is 109 Å². The van der Waals surface area contributed by atoms with Gasteiger partial charge in [-0.15, -0.1) is 0 Å². The van der Waals surface area contributed by atoms with Gasteiger partial charge in [-0.05, 0) is 51.8 Å². The molecular formula is C15H22O3. The molecule has 0 atom stereocenters. The lowest BCUT2D eigenvalue weighted by atomic mass is 9.91. The zero-order valence-electron chi connectivity index (χ0n) is 12.1. The van der Waals surface area contributed by atoms with E-state index in [1.54, 1.807) is 21.0 Å². The smallest absolute Gasteiger partial charge is 0.198 e. The fourth-order valence-electron chi connectivity index (χ4n) is 2.11. The molecule has 3 nitrogen and oxygen atoms in total. The van der Waals surface area contributed by atoms with Crippen molar-refractivity contribution < 1.29 is 14.3 Å². The Hall–Kier alpha value is -1.35. The molecule has 0 heterocycles. The first-order chi connectivity index (χ1) is 8.33. The standard InChI is InChI=1S/C15H22O3/c1-7-18-15(4,5)14(16)13-11(3)8-10(2)9-12(13)17-6/h8-9H,7H2,1-6H3. The minimum Gasteiger partial charge on any atom is -0.496 e. The number of Topliss-reactive ketones (excluding diaryl/α,β-unsaturated/α-hetero) is 1. The monoisotopic (exact) mass is 250 g/mol. The van der Waals surface area contributed by atoms with Gasteiger partial charge in [0.05, 0.1) is 12.7 Å². The quantitative estimate of drug-likeness (QED) is 0.752. The average Bonchev–Trinajstić information content (AvgIpc) is 2.27. The first kappa shape index (κ1) is 14.7. The van der Waals surface area contributed by atoms with Crippen molar-refractivity contribution in [3.8, 4) is 5.75 Å². The molecule has 0 fully saturated rings. The Morgan fingerprint density at radius 3 is 2.39 bits per heavy atom. The molecule has 0 saturated heterocycles. The van der Waals surface area contributed by atoms with Crippen LogP contribution >= 0.6 is 0 Å². The third-order valence-corrected chi connectivity index (χ3v) is 2.94. The van der Waals surface area contributed by atoms with Gasteiger partial charge in [-0.3, -0.25) is 4.79 Å². The van der Waals surface area contributed by atoms with Gasteiger partial charge < -0.3 is 9.47 Å². The fourth-order valence-corrected chi connectivity index (χ4v) is 2.11.